The van der Waals surface area contributed by atoms with Gasteiger partial charge >= 0.3 is 0 Å². The molecule has 0 spiro atoms. The summed E-state index contributed by atoms with van der Waals surface area (Å²) in [5.41, 5.74) is 7.41. The second-order valence-corrected chi connectivity index (χ2v) is 6.05. The van der Waals surface area contributed by atoms with Crippen molar-refractivity contribution in [1.29, 1.82) is 5.26 Å². The number of aromatic nitrogens is 1. The Kier molecular flexibility index (Phi) is 3.16. The second-order valence-electron chi connectivity index (χ2n) is 6.05. The summed E-state index contributed by atoms with van der Waals surface area (Å²) in [5, 5.41) is 8.81. The third-order valence-corrected chi connectivity index (χ3v) is 3.74. The average molecular weight is 244 g/mol. The molecule has 0 aromatic carbocycles. The van der Waals surface area contributed by atoms with E-state index < -0.39 is 0 Å². The van der Waals surface area contributed by atoms with Crippen LogP contribution >= 0.6 is 0 Å². The van der Waals surface area contributed by atoms with Gasteiger partial charge < -0.3 is 10.6 Å². The molecular weight excluding hydrogens is 224 g/mol. The zero-order valence-electron chi connectivity index (χ0n) is 11.3. The highest BCUT2D eigenvalue weighted by atomic mass is 15.2. The maximum atomic E-state index is 8.81. The van der Waals surface area contributed by atoms with Crippen molar-refractivity contribution in [2.75, 3.05) is 23.7 Å². The first-order valence-corrected chi connectivity index (χ1v) is 6.32. The number of rotatable bonds is 1. The summed E-state index contributed by atoms with van der Waals surface area (Å²) in [6.45, 7) is 8.81. The van der Waals surface area contributed by atoms with Gasteiger partial charge in [-0.3, -0.25) is 0 Å². The van der Waals surface area contributed by atoms with Crippen LogP contribution in [0.3, 0.4) is 0 Å². The predicted molar refractivity (Wildman–Crippen MR) is 73.1 cm³/mol. The second kappa shape index (κ2) is 4.49. The van der Waals surface area contributed by atoms with E-state index in [4.69, 9.17) is 11.0 Å². The van der Waals surface area contributed by atoms with Crippen LogP contribution in [0.2, 0.25) is 0 Å². The lowest BCUT2D eigenvalue weighted by atomic mass is 9.80. The summed E-state index contributed by atoms with van der Waals surface area (Å²) in [4.78, 5) is 6.55. The Labute approximate surface area is 108 Å². The molecule has 1 aromatic heterocycles. The van der Waals surface area contributed by atoms with Crippen LogP contribution in [-0.4, -0.2) is 18.1 Å². The lowest BCUT2D eigenvalue weighted by Crippen LogP contribution is -2.26. The van der Waals surface area contributed by atoms with Crippen molar-refractivity contribution in [3.05, 3.63) is 17.8 Å². The minimum atomic E-state index is 0.316. The molecule has 2 N–H and O–H groups in total. The molecule has 1 aliphatic rings. The molecule has 0 aliphatic carbocycles. The van der Waals surface area contributed by atoms with Gasteiger partial charge in [-0.1, -0.05) is 20.8 Å². The lowest BCUT2D eigenvalue weighted by molar-refractivity contribution is 0.263. The van der Waals surface area contributed by atoms with Crippen LogP contribution in [0.25, 0.3) is 0 Å². The van der Waals surface area contributed by atoms with E-state index in [0.717, 1.165) is 18.9 Å². The highest BCUT2D eigenvalue weighted by Crippen LogP contribution is 2.36. The summed E-state index contributed by atoms with van der Waals surface area (Å²) in [6.07, 6.45) is 2.76. The molecule has 1 unspecified atom stereocenters. The molecule has 0 radical (unpaired) electrons. The number of nitrogen functional groups attached to an aromatic ring is 1. The van der Waals surface area contributed by atoms with E-state index in [-0.39, 0.29) is 0 Å². The fraction of sp³-hybridized carbons (Fsp3) is 0.571. The minimum Gasteiger partial charge on any atom is -0.396 e. The van der Waals surface area contributed by atoms with Crippen molar-refractivity contribution in [2.45, 2.75) is 27.2 Å². The smallest absolute Gasteiger partial charge is 0.151 e. The Balaban J connectivity index is 2.18. The van der Waals surface area contributed by atoms with E-state index in [9.17, 15) is 0 Å². The molecule has 1 atom stereocenters. The number of anilines is 2. The third-order valence-electron chi connectivity index (χ3n) is 3.74. The van der Waals surface area contributed by atoms with Crippen molar-refractivity contribution in [2.24, 2.45) is 11.3 Å². The number of nitriles is 1. The van der Waals surface area contributed by atoms with E-state index in [1.165, 1.54) is 6.42 Å². The van der Waals surface area contributed by atoms with Gasteiger partial charge in [-0.15, -0.1) is 0 Å². The summed E-state index contributed by atoms with van der Waals surface area (Å²) < 4.78 is 0. The molecule has 0 bridgehead atoms. The van der Waals surface area contributed by atoms with Crippen LogP contribution in [0, 0.1) is 22.7 Å². The van der Waals surface area contributed by atoms with Gasteiger partial charge in [0.25, 0.3) is 0 Å². The van der Waals surface area contributed by atoms with Crippen molar-refractivity contribution >= 4 is 11.5 Å². The molecule has 96 valence electrons. The standard InChI is InChI=1S/C14H20N4/c1-14(2,3)11-4-5-18(9-11)13-12(16)6-10(7-15)8-17-13/h6,8,11H,4-5,9,16H2,1-3H3. The van der Waals surface area contributed by atoms with Gasteiger partial charge in [0.2, 0.25) is 0 Å². The van der Waals surface area contributed by atoms with Crippen LogP contribution in [-0.2, 0) is 0 Å². The molecule has 1 aliphatic heterocycles. The van der Waals surface area contributed by atoms with E-state index in [2.05, 4.69) is 36.7 Å². The molecule has 2 rings (SSSR count). The summed E-state index contributed by atoms with van der Waals surface area (Å²) in [6, 6.07) is 3.76. The Morgan fingerprint density at radius 3 is 2.72 bits per heavy atom. The normalized spacial score (nSPS) is 19.9. The van der Waals surface area contributed by atoms with Crippen molar-refractivity contribution in [3.63, 3.8) is 0 Å². The van der Waals surface area contributed by atoms with Gasteiger partial charge in [-0.2, -0.15) is 5.26 Å². The Bertz CT molecular complexity index is 482. The predicted octanol–water partition coefficient (Wildman–Crippen LogP) is 2.41. The Morgan fingerprint density at radius 1 is 1.50 bits per heavy atom. The number of nitrogens with two attached hydrogens (primary N) is 1. The van der Waals surface area contributed by atoms with E-state index in [0.29, 0.717) is 22.6 Å². The van der Waals surface area contributed by atoms with Gasteiger partial charge in [0.1, 0.15) is 6.07 Å². The molecule has 0 saturated carbocycles. The monoisotopic (exact) mass is 244 g/mol. The van der Waals surface area contributed by atoms with E-state index in [1.807, 2.05) is 0 Å². The summed E-state index contributed by atoms with van der Waals surface area (Å²) in [7, 11) is 0. The molecule has 2 heterocycles. The lowest BCUT2D eigenvalue weighted by Gasteiger charge is -2.27. The maximum Gasteiger partial charge on any atom is 0.151 e. The van der Waals surface area contributed by atoms with Crippen LogP contribution in [0.15, 0.2) is 12.3 Å². The van der Waals surface area contributed by atoms with Crippen LogP contribution in [0.1, 0.15) is 32.8 Å². The largest absolute Gasteiger partial charge is 0.396 e. The molecular formula is C14H20N4. The Morgan fingerprint density at radius 2 is 2.22 bits per heavy atom. The molecule has 4 heteroatoms. The van der Waals surface area contributed by atoms with Gasteiger partial charge in [0.15, 0.2) is 5.82 Å². The average Bonchev–Trinajstić information content (AvgIpc) is 2.77. The highest BCUT2D eigenvalue weighted by molar-refractivity contribution is 5.65. The van der Waals surface area contributed by atoms with Crippen molar-refractivity contribution in [3.8, 4) is 6.07 Å². The molecule has 18 heavy (non-hydrogen) atoms. The quantitative estimate of drug-likeness (QED) is 0.823. The van der Waals surface area contributed by atoms with Gasteiger partial charge in [-0.05, 0) is 23.8 Å². The number of hydrogen-bond donors (Lipinski definition) is 1. The van der Waals surface area contributed by atoms with Gasteiger partial charge in [0.05, 0.1) is 11.3 Å². The minimum absolute atomic E-state index is 0.316. The maximum absolute atomic E-state index is 8.81. The first kappa shape index (κ1) is 12.7. The Hall–Kier alpha value is -1.76. The molecule has 4 nitrogen and oxygen atoms in total. The van der Waals surface area contributed by atoms with Gasteiger partial charge in [0, 0.05) is 19.3 Å². The highest BCUT2D eigenvalue weighted by Gasteiger charge is 2.32. The number of hydrogen-bond acceptors (Lipinski definition) is 4. The summed E-state index contributed by atoms with van der Waals surface area (Å²) >= 11 is 0. The zero-order valence-corrected chi connectivity index (χ0v) is 11.3. The molecule has 1 fully saturated rings. The fourth-order valence-corrected chi connectivity index (χ4v) is 2.46. The van der Waals surface area contributed by atoms with Gasteiger partial charge in [-0.25, -0.2) is 4.98 Å². The first-order valence-electron chi connectivity index (χ1n) is 6.32. The summed E-state index contributed by atoms with van der Waals surface area (Å²) in [5.74, 6) is 1.48. The third kappa shape index (κ3) is 2.40. The van der Waals surface area contributed by atoms with Crippen molar-refractivity contribution in [1.82, 2.24) is 4.98 Å². The van der Waals surface area contributed by atoms with Crippen LogP contribution in [0.4, 0.5) is 11.5 Å². The topological polar surface area (TPSA) is 65.9 Å². The fourth-order valence-electron chi connectivity index (χ4n) is 2.46. The number of nitrogens with zero attached hydrogens (tertiary/aromatic N) is 3. The zero-order chi connectivity index (χ0) is 13.3. The van der Waals surface area contributed by atoms with E-state index >= 15 is 0 Å². The van der Waals surface area contributed by atoms with Crippen LogP contribution < -0.4 is 10.6 Å². The molecule has 1 aromatic rings. The van der Waals surface area contributed by atoms with E-state index in [1.54, 1.807) is 12.3 Å². The molecule has 1 saturated heterocycles. The molecule has 0 amide bonds. The SMILES string of the molecule is CC(C)(C)C1CCN(c2ncc(C#N)cc2N)C1. The van der Waals surface area contributed by atoms with Crippen LogP contribution in [0.5, 0.6) is 0 Å². The first-order chi connectivity index (χ1) is 8.41. The van der Waals surface area contributed by atoms with Crippen molar-refractivity contribution < 1.29 is 0 Å². The number of pyridine rings is 1.